The summed E-state index contributed by atoms with van der Waals surface area (Å²) in [6.07, 6.45) is 6.01. The number of pyridine rings is 1. The minimum atomic E-state index is 0.137. The summed E-state index contributed by atoms with van der Waals surface area (Å²) in [6, 6.07) is 14.6. The number of aryl methyl sites for hydroxylation is 1. The molecule has 0 spiro atoms. The van der Waals surface area contributed by atoms with E-state index in [-0.39, 0.29) is 5.75 Å². The topological polar surface area (TPSA) is 54.4 Å². The molecule has 0 saturated heterocycles. The van der Waals surface area contributed by atoms with E-state index in [2.05, 4.69) is 36.5 Å². The van der Waals surface area contributed by atoms with E-state index >= 15 is 0 Å². The molecule has 0 unspecified atom stereocenters. The average molecular weight is 395 g/mol. The molecule has 2 heterocycles. The van der Waals surface area contributed by atoms with Gasteiger partial charge in [-0.1, -0.05) is 19.8 Å². The van der Waals surface area contributed by atoms with Crippen molar-refractivity contribution in [3.05, 3.63) is 47.3 Å². The molecule has 28 heavy (non-hydrogen) atoms. The van der Waals surface area contributed by atoms with Gasteiger partial charge in [0.15, 0.2) is 11.5 Å². The minimum Gasteiger partial charge on any atom is -0.504 e. The molecule has 1 fully saturated rings. The first kappa shape index (κ1) is 18.8. The predicted octanol–water partition coefficient (Wildman–Crippen LogP) is 6.11. The molecule has 0 aliphatic heterocycles. The van der Waals surface area contributed by atoms with Crippen LogP contribution in [0.1, 0.15) is 37.5 Å². The van der Waals surface area contributed by atoms with Gasteiger partial charge in [-0.3, -0.25) is 0 Å². The molecule has 1 aliphatic carbocycles. The summed E-state index contributed by atoms with van der Waals surface area (Å²) in [5, 5.41) is 13.6. The number of nitrogens with one attached hydrogen (secondary N) is 1. The molecule has 0 radical (unpaired) electrons. The summed E-state index contributed by atoms with van der Waals surface area (Å²) in [7, 11) is 1.56. The van der Waals surface area contributed by atoms with Crippen LogP contribution < -0.4 is 10.1 Å². The first-order chi connectivity index (χ1) is 13.7. The highest BCUT2D eigenvalue weighted by molar-refractivity contribution is 7.15. The van der Waals surface area contributed by atoms with E-state index in [4.69, 9.17) is 9.72 Å². The number of aromatic hydroxyl groups is 1. The number of phenols is 1. The fraction of sp³-hybridized carbons (Fsp3) is 0.348. The van der Waals surface area contributed by atoms with Crippen LogP contribution in [0.15, 0.2) is 42.5 Å². The first-order valence-corrected chi connectivity index (χ1v) is 10.7. The molecular formula is C23H26N2O2S. The van der Waals surface area contributed by atoms with Crippen molar-refractivity contribution in [2.24, 2.45) is 0 Å². The van der Waals surface area contributed by atoms with Gasteiger partial charge in [-0.15, -0.1) is 11.3 Å². The van der Waals surface area contributed by atoms with Crippen molar-refractivity contribution in [3.63, 3.8) is 0 Å². The molecule has 0 bridgehead atoms. The van der Waals surface area contributed by atoms with Crippen molar-refractivity contribution in [1.82, 2.24) is 4.98 Å². The van der Waals surface area contributed by atoms with Crippen molar-refractivity contribution < 1.29 is 9.84 Å². The summed E-state index contributed by atoms with van der Waals surface area (Å²) in [5.74, 6) is 1.51. The largest absolute Gasteiger partial charge is 0.504 e. The van der Waals surface area contributed by atoms with Crippen LogP contribution >= 0.6 is 11.3 Å². The Balaban J connectivity index is 1.76. The third kappa shape index (κ3) is 3.99. The summed E-state index contributed by atoms with van der Waals surface area (Å²) < 4.78 is 5.29. The Morgan fingerprint density at radius 3 is 2.64 bits per heavy atom. The number of nitrogens with zero attached hydrogens (tertiary/aromatic N) is 1. The van der Waals surface area contributed by atoms with Crippen molar-refractivity contribution in [1.29, 1.82) is 0 Å². The predicted molar refractivity (Wildman–Crippen MR) is 116 cm³/mol. The molecule has 0 amide bonds. The number of methoxy groups -OCH3 is 1. The van der Waals surface area contributed by atoms with Gasteiger partial charge in [0.2, 0.25) is 0 Å². The van der Waals surface area contributed by atoms with Gasteiger partial charge in [0, 0.05) is 21.4 Å². The molecule has 3 aromatic rings. The van der Waals surface area contributed by atoms with E-state index in [0.29, 0.717) is 11.8 Å². The van der Waals surface area contributed by atoms with Crippen molar-refractivity contribution >= 4 is 17.2 Å². The number of hydrogen-bond acceptors (Lipinski definition) is 5. The molecule has 1 aromatic carbocycles. The second-order valence-electron chi connectivity index (χ2n) is 7.26. The van der Waals surface area contributed by atoms with Crippen LogP contribution in [-0.2, 0) is 6.42 Å². The zero-order valence-corrected chi connectivity index (χ0v) is 17.2. The van der Waals surface area contributed by atoms with Gasteiger partial charge in [-0.25, -0.2) is 4.98 Å². The number of hydrogen-bond donors (Lipinski definition) is 2. The molecule has 0 atom stereocenters. The van der Waals surface area contributed by atoms with Crippen molar-refractivity contribution in [2.75, 3.05) is 12.4 Å². The molecule has 2 N–H and O–H groups in total. The summed E-state index contributed by atoms with van der Waals surface area (Å²) >= 11 is 1.83. The smallest absolute Gasteiger partial charge is 0.161 e. The van der Waals surface area contributed by atoms with E-state index in [0.717, 1.165) is 23.5 Å². The van der Waals surface area contributed by atoms with Crippen molar-refractivity contribution in [3.8, 4) is 33.2 Å². The van der Waals surface area contributed by atoms with Gasteiger partial charge in [0.25, 0.3) is 0 Å². The van der Waals surface area contributed by atoms with E-state index in [1.54, 1.807) is 13.2 Å². The maximum atomic E-state index is 9.93. The Hall–Kier alpha value is -2.53. The second kappa shape index (κ2) is 8.23. The summed E-state index contributed by atoms with van der Waals surface area (Å²) in [5.41, 5.74) is 2.98. The molecule has 2 aromatic heterocycles. The molecule has 146 valence electrons. The van der Waals surface area contributed by atoms with Gasteiger partial charge in [-0.05, 0) is 67.3 Å². The van der Waals surface area contributed by atoms with Gasteiger partial charge < -0.3 is 15.2 Å². The first-order valence-electron chi connectivity index (χ1n) is 9.91. The molecule has 1 aliphatic rings. The quantitative estimate of drug-likeness (QED) is 0.530. The number of aromatic nitrogens is 1. The Kier molecular flexibility index (Phi) is 5.53. The number of benzene rings is 1. The van der Waals surface area contributed by atoms with Crippen LogP contribution in [0.3, 0.4) is 0 Å². The third-order valence-electron chi connectivity index (χ3n) is 5.30. The summed E-state index contributed by atoms with van der Waals surface area (Å²) in [6.45, 7) is 2.18. The SMILES string of the molecule is CCc1ccc(-c2cc(NC3CCCC3)nc(-c3ccc(O)c(OC)c3)c2)s1. The van der Waals surface area contributed by atoms with Gasteiger partial charge >= 0.3 is 0 Å². The van der Waals surface area contributed by atoms with Crippen LogP contribution in [0.5, 0.6) is 11.5 Å². The lowest BCUT2D eigenvalue weighted by atomic mass is 10.1. The molecule has 4 nitrogen and oxygen atoms in total. The maximum Gasteiger partial charge on any atom is 0.161 e. The Morgan fingerprint density at radius 2 is 1.93 bits per heavy atom. The van der Waals surface area contributed by atoms with Crippen LogP contribution in [-0.4, -0.2) is 23.2 Å². The normalized spacial score (nSPS) is 14.4. The number of anilines is 1. The van der Waals surface area contributed by atoms with Gasteiger partial charge in [-0.2, -0.15) is 0 Å². The number of ether oxygens (including phenoxy) is 1. The van der Waals surface area contributed by atoms with E-state index in [1.807, 2.05) is 23.5 Å². The van der Waals surface area contributed by atoms with Gasteiger partial charge in [0.05, 0.1) is 12.8 Å². The van der Waals surface area contributed by atoms with Crippen LogP contribution in [0.25, 0.3) is 21.7 Å². The van der Waals surface area contributed by atoms with E-state index in [1.165, 1.54) is 41.0 Å². The fourth-order valence-corrected chi connectivity index (χ4v) is 4.67. The Morgan fingerprint density at radius 1 is 1.11 bits per heavy atom. The standard InChI is InChI=1S/C23H26N2O2S/c1-3-18-9-11-22(28-18)16-12-19(15-8-10-20(26)21(13-15)27-2)25-23(14-16)24-17-6-4-5-7-17/h8-14,17,26H,3-7H2,1-2H3,(H,24,25). The van der Waals surface area contributed by atoms with Crippen molar-refractivity contribution in [2.45, 2.75) is 45.1 Å². The number of thiophene rings is 1. The number of rotatable bonds is 6. The average Bonchev–Trinajstić information content (AvgIpc) is 3.40. The highest BCUT2D eigenvalue weighted by Gasteiger charge is 2.17. The highest BCUT2D eigenvalue weighted by Crippen LogP contribution is 2.36. The van der Waals surface area contributed by atoms with E-state index in [9.17, 15) is 5.11 Å². The Labute approximate surface area is 170 Å². The maximum absolute atomic E-state index is 9.93. The third-order valence-corrected chi connectivity index (χ3v) is 6.58. The number of phenolic OH excluding ortho intramolecular Hbond substituents is 1. The Bertz CT molecular complexity index is 961. The monoisotopic (exact) mass is 394 g/mol. The molecule has 4 rings (SSSR count). The van der Waals surface area contributed by atoms with E-state index < -0.39 is 0 Å². The fourth-order valence-electron chi connectivity index (χ4n) is 3.73. The second-order valence-corrected chi connectivity index (χ2v) is 8.43. The van der Waals surface area contributed by atoms with Gasteiger partial charge in [0.1, 0.15) is 5.82 Å². The lowest BCUT2D eigenvalue weighted by Gasteiger charge is -2.15. The zero-order chi connectivity index (χ0) is 19.5. The highest BCUT2D eigenvalue weighted by atomic mass is 32.1. The lowest BCUT2D eigenvalue weighted by Crippen LogP contribution is -2.15. The van der Waals surface area contributed by atoms with Crippen LogP contribution in [0.4, 0.5) is 5.82 Å². The lowest BCUT2D eigenvalue weighted by molar-refractivity contribution is 0.373. The van der Waals surface area contributed by atoms with Crippen LogP contribution in [0.2, 0.25) is 0 Å². The molecule has 5 heteroatoms. The minimum absolute atomic E-state index is 0.137. The summed E-state index contributed by atoms with van der Waals surface area (Å²) in [4.78, 5) is 7.51. The molecule has 1 saturated carbocycles. The van der Waals surface area contributed by atoms with Crippen LogP contribution in [0, 0.1) is 0 Å². The molecular weight excluding hydrogens is 368 g/mol. The zero-order valence-electron chi connectivity index (χ0n) is 16.4.